The third-order valence-electron chi connectivity index (χ3n) is 6.13. The number of aryl methyl sites for hydroxylation is 1. The first-order chi connectivity index (χ1) is 15.7. The largest absolute Gasteiger partial charge is 0.389 e. The summed E-state index contributed by atoms with van der Waals surface area (Å²) in [4.78, 5) is 19.6. The molecule has 186 valence electrons. The van der Waals surface area contributed by atoms with E-state index in [4.69, 9.17) is 0 Å². The predicted octanol–water partition coefficient (Wildman–Crippen LogP) is 4.95. The lowest BCUT2D eigenvalue weighted by atomic mass is 9.89. The molecule has 0 unspecified atom stereocenters. The zero-order valence-electron chi connectivity index (χ0n) is 19.3. The Kier molecular flexibility index (Phi) is 6.24. The number of benzene rings is 1. The zero-order valence-corrected chi connectivity index (χ0v) is 20.2. The lowest BCUT2D eigenvalue weighted by molar-refractivity contribution is -0.155. The Balaban J connectivity index is 1.65. The van der Waals surface area contributed by atoms with Gasteiger partial charge in [-0.05, 0) is 29.7 Å². The van der Waals surface area contributed by atoms with E-state index in [1.165, 1.54) is 23.0 Å². The van der Waals surface area contributed by atoms with E-state index in [-0.39, 0.29) is 6.54 Å². The third kappa shape index (κ3) is 5.26. The third-order valence-corrected chi connectivity index (χ3v) is 7.80. The number of halogens is 3. The molecule has 1 saturated heterocycles. The molecule has 1 fully saturated rings. The van der Waals surface area contributed by atoms with Gasteiger partial charge in [-0.25, -0.2) is 9.78 Å². The highest BCUT2D eigenvalue weighted by Gasteiger charge is 2.37. The summed E-state index contributed by atoms with van der Waals surface area (Å²) in [6.45, 7) is 4.01. The van der Waals surface area contributed by atoms with Crippen LogP contribution in [0.3, 0.4) is 0 Å². The van der Waals surface area contributed by atoms with Crippen molar-refractivity contribution in [3.05, 3.63) is 46.9 Å². The Morgan fingerprint density at radius 1 is 1.09 bits per heavy atom. The molecule has 1 aliphatic heterocycles. The molecule has 0 atom stereocenters. The second-order valence-corrected chi connectivity index (χ2v) is 12.1. The van der Waals surface area contributed by atoms with Crippen molar-refractivity contribution in [2.75, 3.05) is 29.5 Å². The van der Waals surface area contributed by atoms with E-state index in [1.807, 2.05) is 24.3 Å². The van der Waals surface area contributed by atoms with Gasteiger partial charge in [-0.3, -0.25) is 18.2 Å². The maximum atomic E-state index is 13.0. The Morgan fingerprint density at radius 2 is 1.76 bits per heavy atom. The molecular weight excluding hydrogens is 469 g/mol. The van der Waals surface area contributed by atoms with Crippen molar-refractivity contribution in [1.82, 2.24) is 14.1 Å². The second kappa shape index (κ2) is 8.62. The lowest BCUT2D eigenvalue weighted by Crippen LogP contribution is -2.38. The van der Waals surface area contributed by atoms with Crippen LogP contribution in [-0.2, 0) is 13.6 Å². The van der Waals surface area contributed by atoms with Crippen molar-refractivity contribution in [1.29, 1.82) is 0 Å². The van der Waals surface area contributed by atoms with E-state index < -0.39 is 34.3 Å². The van der Waals surface area contributed by atoms with Crippen LogP contribution < -0.4 is 10.6 Å². The molecule has 1 aliphatic rings. The van der Waals surface area contributed by atoms with E-state index in [0.29, 0.717) is 41.5 Å². The number of fused-ring (bicyclic) bond motifs is 1. The van der Waals surface area contributed by atoms with E-state index in [0.717, 1.165) is 11.3 Å². The average Bonchev–Trinajstić information content (AvgIpc) is 2.96. The molecule has 7 nitrogen and oxygen atoms in total. The van der Waals surface area contributed by atoms with Gasteiger partial charge in [-0.1, -0.05) is 26.0 Å². The Morgan fingerprint density at radius 3 is 2.41 bits per heavy atom. The fourth-order valence-electron chi connectivity index (χ4n) is 4.46. The van der Waals surface area contributed by atoms with Gasteiger partial charge in [-0.2, -0.15) is 23.8 Å². The maximum absolute atomic E-state index is 13.0. The summed E-state index contributed by atoms with van der Waals surface area (Å²) in [5, 5.41) is 0. The first-order valence-corrected chi connectivity index (χ1v) is 12.9. The van der Waals surface area contributed by atoms with Crippen LogP contribution in [0.15, 0.2) is 41.2 Å². The van der Waals surface area contributed by atoms with Crippen LogP contribution in [0.25, 0.3) is 22.4 Å². The molecule has 2 aromatic heterocycles. The van der Waals surface area contributed by atoms with Crippen molar-refractivity contribution in [3.63, 3.8) is 0 Å². The van der Waals surface area contributed by atoms with Crippen molar-refractivity contribution in [2.45, 2.75) is 33.0 Å². The van der Waals surface area contributed by atoms with Crippen molar-refractivity contribution < 1.29 is 22.3 Å². The van der Waals surface area contributed by atoms with Gasteiger partial charge in [0.05, 0.1) is 29.1 Å². The van der Waals surface area contributed by atoms with Crippen molar-refractivity contribution >= 4 is 27.4 Å². The number of hydrogen-bond donors (Lipinski definition) is 2. The minimum Gasteiger partial charge on any atom is -0.368 e. The number of alkyl halides is 3. The summed E-state index contributed by atoms with van der Waals surface area (Å²) in [5.41, 5.74) is 1.74. The van der Waals surface area contributed by atoms with Crippen LogP contribution in [0.4, 0.5) is 18.9 Å². The molecule has 2 N–H and O–H groups in total. The summed E-state index contributed by atoms with van der Waals surface area (Å²) in [6, 6.07) is 11.2. The van der Waals surface area contributed by atoms with Gasteiger partial charge in [0, 0.05) is 37.9 Å². The van der Waals surface area contributed by atoms with Gasteiger partial charge in [0.25, 0.3) is 0 Å². The highest BCUT2D eigenvalue weighted by atomic mass is 32.3. The monoisotopic (exact) mass is 498 g/mol. The molecule has 0 aliphatic carbocycles. The molecule has 0 amide bonds. The number of anilines is 1. The summed E-state index contributed by atoms with van der Waals surface area (Å²) in [5.74, 6) is 0.670. The molecule has 4 rings (SSSR count). The molecular formula is C23H29F3N4O3S. The molecule has 3 aromatic rings. The quantitative estimate of drug-likeness (QED) is 0.520. The van der Waals surface area contributed by atoms with Gasteiger partial charge in [0.2, 0.25) is 0 Å². The van der Waals surface area contributed by atoms with Crippen LogP contribution in [0.2, 0.25) is 0 Å². The van der Waals surface area contributed by atoms with Crippen LogP contribution in [0, 0.1) is 5.41 Å². The summed E-state index contributed by atoms with van der Waals surface area (Å²) in [7, 11) is -0.925. The molecule has 34 heavy (non-hydrogen) atoms. The standard InChI is InChI=1S/C23H29F3N4O3S/c1-22(2,14-23(24,25)26)15-30-19-8-7-18(27-20(19)28(3)21(30)31)16-5-4-6-17(13-16)29-9-11-34(32,33)12-10-29/h4-8,13,32-33H,9-12,14-15H2,1-3H3. The Bertz CT molecular complexity index is 1260. The van der Waals surface area contributed by atoms with Crippen molar-refractivity contribution in [3.8, 4) is 11.3 Å². The molecule has 11 heteroatoms. The van der Waals surface area contributed by atoms with Gasteiger partial charge in [0.1, 0.15) is 0 Å². The van der Waals surface area contributed by atoms with Gasteiger partial charge >= 0.3 is 11.9 Å². The first-order valence-electron chi connectivity index (χ1n) is 11.0. The van der Waals surface area contributed by atoms with Crippen LogP contribution in [0.1, 0.15) is 20.3 Å². The average molecular weight is 499 g/mol. The minimum absolute atomic E-state index is 0.0760. The summed E-state index contributed by atoms with van der Waals surface area (Å²) in [6.07, 6.45) is -5.31. The summed E-state index contributed by atoms with van der Waals surface area (Å²) >= 11 is 0. The smallest absolute Gasteiger partial charge is 0.368 e. The molecule has 0 spiro atoms. The Labute approximate surface area is 197 Å². The molecule has 1 aromatic carbocycles. The van der Waals surface area contributed by atoms with Gasteiger partial charge in [0.15, 0.2) is 5.65 Å². The second-order valence-electron chi connectivity index (χ2n) is 9.67. The fraction of sp³-hybridized carbons (Fsp3) is 0.478. The van der Waals surface area contributed by atoms with E-state index >= 15 is 0 Å². The number of aromatic nitrogens is 3. The van der Waals surface area contributed by atoms with Crippen LogP contribution >= 0.6 is 10.6 Å². The first kappa shape index (κ1) is 24.6. The number of imidazole rings is 1. The molecule has 0 saturated carbocycles. The van der Waals surface area contributed by atoms with E-state index in [9.17, 15) is 27.1 Å². The molecule has 0 radical (unpaired) electrons. The number of pyridine rings is 1. The number of rotatable bonds is 5. The normalized spacial score (nSPS) is 17.8. The fourth-order valence-corrected chi connectivity index (χ4v) is 5.69. The van der Waals surface area contributed by atoms with Gasteiger partial charge in [-0.15, -0.1) is 0 Å². The van der Waals surface area contributed by atoms with E-state index in [1.54, 1.807) is 19.2 Å². The van der Waals surface area contributed by atoms with Crippen LogP contribution in [-0.4, -0.2) is 54.0 Å². The van der Waals surface area contributed by atoms with Crippen LogP contribution in [0.5, 0.6) is 0 Å². The molecule has 3 heterocycles. The number of nitrogens with zero attached hydrogens (tertiary/aromatic N) is 4. The highest BCUT2D eigenvalue weighted by Crippen LogP contribution is 2.41. The van der Waals surface area contributed by atoms with E-state index in [2.05, 4.69) is 9.88 Å². The minimum atomic E-state index is -4.32. The number of hydrogen-bond acceptors (Lipinski definition) is 5. The predicted molar refractivity (Wildman–Crippen MR) is 130 cm³/mol. The SMILES string of the molecule is Cn1c(=O)n(CC(C)(C)CC(F)(F)F)c2ccc(-c3cccc(N4CCS(O)(O)CC4)c3)nc21. The van der Waals surface area contributed by atoms with Crippen molar-refractivity contribution in [2.24, 2.45) is 12.5 Å². The lowest BCUT2D eigenvalue weighted by Gasteiger charge is -2.42. The molecule has 0 bridgehead atoms. The topological polar surface area (TPSA) is 83.5 Å². The highest BCUT2D eigenvalue weighted by molar-refractivity contribution is 8.24. The summed E-state index contributed by atoms with van der Waals surface area (Å²) < 4.78 is 61.4. The Hall–Kier alpha value is -2.50. The van der Waals surface area contributed by atoms with Gasteiger partial charge < -0.3 is 4.90 Å². The maximum Gasteiger partial charge on any atom is 0.389 e. The zero-order chi connectivity index (χ0) is 24.9.